The van der Waals surface area contributed by atoms with E-state index in [4.69, 9.17) is 16.2 Å². The average molecular weight is 397 g/mol. The van der Waals surface area contributed by atoms with Crippen molar-refractivity contribution in [3.8, 4) is 11.1 Å². The first-order chi connectivity index (χ1) is 13.2. The standard InChI is InChI=1S/C17H15F4N5O2/c18-12-4-10(5-24-14(12)26-7-17(20,21)8-26)11-3-1-2-9(13(11)19)6-28-16(27)25-15(22)23/h1-5H,6-8H2,(H4,22,23,25,27). The van der Waals surface area contributed by atoms with Gasteiger partial charge in [-0.25, -0.2) is 27.3 Å². The Bertz CT molecular complexity index is 939. The molecule has 11 heteroatoms. The maximum absolute atomic E-state index is 14.7. The van der Waals surface area contributed by atoms with E-state index in [1.807, 2.05) is 0 Å². The van der Waals surface area contributed by atoms with Crippen LogP contribution in [0.25, 0.3) is 11.1 Å². The molecule has 0 unspecified atom stereocenters. The quantitative estimate of drug-likeness (QED) is 0.466. The number of ether oxygens (including phenoxy) is 1. The highest BCUT2D eigenvalue weighted by atomic mass is 19.3. The van der Waals surface area contributed by atoms with Gasteiger partial charge in [-0.1, -0.05) is 18.2 Å². The van der Waals surface area contributed by atoms with Gasteiger partial charge in [-0.2, -0.15) is 0 Å². The van der Waals surface area contributed by atoms with Gasteiger partial charge in [-0.15, -0.1) is 4.99 Å². The lowest BCUT2D eigenvalue weighted by Crippen LogP contribution is -2.57. The van der Waals surface area contributed by atoms with E-state index in [0.29, 0.717) is 0 Å². The summed E-state index contributed by atoms with van der Waals surface area (Å²) in [5, 5.41) is 0. The van der Waals surface area contributed by atoms with Gasteiger partial charge in [0.15, 0.2) is 17.6 Å². The van der Waals surface area contributed by atoms with Crippen molar-refractivity contribution >= 4 is 17.9 Å². The Kier molecular flexibility index (Phi) is 5.08. The van der Waals surface area contributed by atoms with Gasteiger partial charge in [0, 0.05) is 22.9 Å². The molecule has 1 aliphatic rings. The number of rotatable bonds is 4. The van der Waals surface area contributed by atoms with E-state index in [1.54, 1.807) is 0 Å². The molecule has 0 radical (unpaired) electrons. The Morgan fingerprint density at radius 2 is 2.00 bits per heavy atom. The number of halogens is 4. The zero-order valence-electron chi connectivity index (χ0n) is 14.3. The third kappa shape index (κ3) is 4.13. The molecule has 1 fully saturated rings. The van der Waals surface area contributed by atoms with Crippen molar-refractivity contribution in [1.29, 1.82) is 0 Å². The minimum absolute atomic E-state index is 0.00211. The molecule has 1 aromatic heterocycles. The summed E-state index contributed by atoms with van der Waals surface area (Å²) in [6.07, 6.45) is 0.0934. The molecule has 2 heterocycles. The highest BCUT2D eigenvalue weighted by Gasteiger charge is 2.45. The van der Waals surface area contributed by atoms with Crippen molar-refractivity contribution in [1.82, 2.24) is 4.98 Å². The summed E-state index contributed by atoms with van der Waals surface area (Å²) in [6, 6.07) is 5.23. The monoisotopic (exact) mass is 397 g/mol. The fourth-order valence-corrected chi connectivity index (χ4v) is 2.66. The molecular weight excluding hydrogens is 382 g/mol. The molecule has 0 saturated carbocycles. The number of guanidine groups is 1. The number of nitrogens with zero attached hydrogens (tertiary/aromatic N) is 3. The van der Waals surface area contributed by atoms with Crippen molar-refractivity contribution in [3.63, 3.8) is 0 Å². The Labute approximate surface area is 156 Å². The maximum Gasteiger partial charge on any atom is 0.437 e. The van der Waals surface area contributed by atoms with Gasteiger partial charge in [-0.05, 0) is 6.07 Å². The van der Waals surface area contributed by atoms with Crippen molar-refractivity contribution in [2.45, 2.75) is 12.5 Å². The predicted octanol–water partition coefficient (Wildman–Crippen LogP) is 2.39. The number of alkyl halides is 2. The molecule has 28 heavy (non-hydrogen) atoms. The molecule has 1 aromatic carbocycles. The summed E-state index contributed by atoms with van der Waals surface area (Å²) < 4.78 is 59.6. The fourth-order valence-electron chi connectivity index (χ4n) is 2.66. The highest BCUT2D eigenvalue weighted by Crippen LogP contribution is 2.34. The second-order valence-electron chi connectivity index (χ2n) is 6.11. The lowest BCUT2D eigenvalue weighted by Gasteiger charge is -2.39. The van der Waals surface area contributed by atoms with Gasteiger partial charge >= 0.3 is 6.09 Å². The van der Waals surface area contributed by atoms with Crippen LogP contribution < -0.4 is 16.4 Å². The molecule has 3 rings (SSSR count). The van der Waals surface area contributed by atoms with Gasteiger partial charge in [-0.3, -0.25) is 0 Å². The smallest absolute Gasteiger partial charge is 0.437 e. The molecule has 4 N–H and O–H groups in total. The molecule has 2 aromatic rings. The van der Waals surface area contributed by atoms with Crippen LogP contribution in [0, 0.1) is 11.6 Å². The molecule has 0 spiro atoms. The normalized spacial score (nSPS) is 14.9. The van der Waals surface area contributed by atoms with Gasteiger partial charge in [0.05, 0.1) is 13.1 Å². The van der Waals surface area contributed by atoms with Crippen molar-refractivity contribution in [2.24, 2.45) is 16.5 Å². The van der Waals surface area contributed by atoms with Crippen LogP contribution in [-0.4, -0.2) is 36.0 Å². The van der Waals surface area contributed by atoms with E-state index in [9.17, 15) is 22.4 Å². The lowest BCUT2D eigenvalue weighted by molar-refractivity contribution is -0.0270. The van der Waals surface area contributed by atoms with Crippen LogP contribution in [0.3, 0.4) is 0 Å². The summed E-state index contributed by atoms with van der Waals surface area (Å²) in [5.74, 6) is -5.21. The predicted molar refractivity (Wildman–Crippen MR) is 92.7 cm³/mol. The fraction of sp³-hybridized carbons (Fsp3) is 0.235. The zero-order chi connectivity index (χ0) is 20.5. The van der Waals surface area contributed by atoms with Crippen LogP contribution in [0.5, 0.6) is 0 Å². The molecule has 1 amide bonds. The summed E-state index contributed by atoms with van der Waals surface area (Å²) in [5.41, 5.74) is 10.2. The molecule has 1 saturated heterocycles. The number of hydrogen-bond donors (Lipinski definition) is 2. The van der Waals surface area contributed by atoms with Crippen LogP contribution in [0.4, 0.5) is 28.2 Å². The van der Waals surface area contributed by atoms with E-state index >= 15 is 0 Å². The Morgan fingerprint density at radius 1 is 1.29 bits per heavy atom. The number of pyridine rings is 1. The van der Waals surface area contributed by atoms with Crippen molar-refractivity contribution in [3.05, 3.63) is 47.7 Å². The van der Waals surface area contributed by atoms with E-state index in [-0.39, 0.29) is 22.5 Å². The third-order valence-corrected chi connectivity index (χ3v) is 3.93. The van der Waals surface area contributed by atoms with Crippen molar-refractivity contribution in [2.75, 3.05) is 18.0 Å². The zero-order valence-corrected chi connectivity index (χ0v) is 14.3. The Balaban J connectivity index is 1.79. The van der Waals surface area contributed by atoms with E-state index in [0.717, 1.165) is 11.0 Å². The largest absolute Gasteiger partial charge is 0.443 e. The molecule has 148 valence electrons. The van der Waals surface area contributed by atoms with Crippen LogP contribution >= 0.6 is 0 Å². The Hall–Kier alpha value is -3.37. The maximum atomic E-state index is 14.7. The number of carbonyl (C=O) groups excluding carboxylic acids is 1. The number of anilines is 1. The van der Waals surface area contributed by atoms with Crippen molar-refractivity contribution < 1.29 is 27.1 Å². The number of hydrogen-bond acceptors (Lipinski definition) is 4. The first kappa shape index (κ1) is 19.4. The molecule has 0 atom stereocenters. The summed E-state index contributed by atoms with van der Waals surface area (Å²) >= 11 is 0. The molecule has 0 bridgehead atoms. The van der Waals surface area contributed by atoms with Gasteiger partial charge in [0.25, 0.3) is 5.92 Å². The van der Waals surface area contributed by atoms with E-state index in [2.05, 4.69) is 9.98 Å². The van der Waals surface area contributed by atoms with Crippen LogP contribution in [0.2, 0.25) is 0 Å². The third-order valence-electron chi connectivity index (χ3n) is 3.93. The van der Waals surface area contributed by atoms with Gasteiger partial charge < -0.3 is 21.1 Å². The van der Waals surface area contributed by atoms with E-state index < -0.39 is 49.3 Å². The Morgan fingerprint density at radius 3 is 2.61 bits per heavy atom. The minimum atomic E-state index is -2.87. The van der Waals surface area contributed by atoms with E-state index in [1.165, 1.54) is 24.4 Å². The molecule has 0 aliphatic carbocycles. The SMILES string of the molecule is NC(N)=NC(=O)OCc1cccc(-c2cnc(N3CC(F)(F)C3)c(F)c2)c1F. The summed E-state index contributed by atoms with van der Waals surface area (Å²) in [4.78, 5) is 19.4. The summed E-state index contributed by atoms with van der Waals surface area (Å²) in [6.45, 7) is -1.70. The van der Waals surface area contributed by atoms with Crippen LogP contribution in [0.15, 0.2) is 35.5 Å². The first-order valence-electron chi connectivity index (χ1n) is 7.99. The number of carbonyl (C=O) groups is 1. The van der Waals surface area contributed by atoms with Gasteiger partial charge in [0.1, 0.15) is 12.4 Å². The molecule has 7 nitrogen and oxygen atoms in total. The number of aliphatic imine (C=N–C) groups is 1. The topological polar surface area (TPSA) is 107 Å². The van der Waals surface area contributed by atoms with Crippen LogP contribution in [0.1, 0.15) is 5.56 Å². The number of nitrogens with two attached hydrogens (primary N) is 2. The molecular formula is C17H15F4N5O2. The molecule has 1 aliphatic heterocycles. The number of aromatic nitrogens is 1. The average Bonchev–Trinajstić information content (AvgIpc) is 2.58. The summed E-state index contributed by atoms with van der Waals surface area (Å²) in [7, 11) is 0. The van der Waals surface area contributed by atoms with Crippen LogP contribution in [-0.2, 0) is 11.3 Å². The second-order valence-corrected chi connectivity index (χ2v) is 6.11. The number of benzene rings is 1. The first-order valence-corrected chi connectivity index (χ1v) is 7.99. The minimum Gasteiger partial charge on any atom is -0.443 e. The number of amides is 1. The van der Waals surface area contributed by atoms with Gasteiger partial charge in [0.2, 0.25) is 0 Å². The second kappa shape index (κ2) is 7.33. The lowest BCUT2D eigenvalue weighted by atomic mass is 10.0. The highest BCUT2D eigenvalue weighted by molar-refractivity contribution is 5.87.